The molecule has 66 valence electrons. The van der Waals surface area contributed by atoms with Gasteiger partial charge in [-0.2, -0.15) is 5.26 Å². The van der Waals surface area contributed by atoms with Gasteiger partial charge >= 0.3 is 0 Å². The number of hydrogen-bond donors (Lipinski definition) is 2. The lowest BCUT2D eigenvalue weighted by atomic mass is 10.1. The van der Waals surface area contributed by atoms with Crippen molar-refractivity contribution in [2.24, 2.45) is 5.73 Å². The number of phenols is 1. The van der Waals surface area contributed by atoms with E-state index in [9.17, 15) is 5.11 Å². The molecule has 1 atom stereocenters. The third-order valence-corrected chi connectivity index (χ3v) is 2.07. The molecule has 0 saturated heterocycles. The maximum absolute atomic E-state index is 9.32. The highest BCUT2D eigenvalue weighted by molar-refractivity contribution is 5.53. The molecule has 0 amide bonds. The van der Waals surface area contributed by atoms with Crippen LogP contribution < -0.4 is 10.5 Å². The molecule has 3 N–H and O–H groups in total. The molecule has 1 aromatic rings. The Morgan fingerprint density at radius 1 is 1.62 bits per heavy atom. The molecule has 2 rings (SSSR count). The Morgan fingerprint density at radius 2 is 2.38 bits per heavy atom. The van der Waals surface area contributed by atoms with Crippen molar-refractivity contribution in [3.05, 3.63) is 23.3 Å². The molecule has 0 fully saturated rings. The van der Waals surface area contributed by atoms with Crippen molar-refractivity contribution in [3.63, 3.8) is 0 Å². The fourth-order valence-corrected chi connectivity index (χ4v) is 1.36. The van der Waals surface area contributed by atoms with Crippen molar-refractivity contribution in [2.75, 3.05) is 6.61 Å². The summed E-state index contributed by atoms with van der Waals surface area (Å²) >= 11 is 0. The van der Waals surface area contributed by atoms with Gasteiger partial charge < -0.3 is 15.6 Å². The summed E-state index contributed by atoms with van der Waals surface area (Å²) in [6.07, 6.45) is 0. The molecule has 1 unspecified atom stereocenters. The summed E-state index contributed by atoms with van der Waals surface area (Å²) in [6.45, 7) is 0.406. The maximum atomic E-state index is 9.32. The molecule has 1 aliphatic heterocycles. The van der Waals surface area contributed by atoms with Gasteiger partial charge in [0.2, 0.25) is 0 Å². The van der Waals surface area contributed by atoms with Gasteiger partial charge in [-0.3, -0.25) is 0 Å². The van der Waals surface area contributed by atoms with E-state index in [1.54, 1.807) is 6.07 Å². The van der Waals surface area contributed by atoms with E-state index in [0.29, 0.717) is 12.4 Å². The zero-order chi connectivity index (χ0) is 9.42. The number of phenolic OH excluding ortho intramolecular Hbond substituents is 1. The Balaban J connectivity index is 2.59. The van der Waals surface area contributed by atoms with Gasteiger partial charge in [-0.05, 0) is 6.07 Å². The highest BCUT2D eigenvalue weighted by atomic mass is 16.5. The van der Waals surface area contributed by atoms with Gasteiger partial charge in [0.15, 0.2) is 0 Å². The van der Waals surface area contributed by atoms with Crippen molar-refractivity contribution >= 4 is 0 Å². The summed E-state index contributed by atoms with van der Waals surface area (Å²) in [7, 11) is 0. The molecule has 4 heteroatoms. The fraction of sp³-hybridized carbons (Fsp3) is 0.222. The zero-order valence-electron chi connectivity index (χ0n) is 6.82. The molecule has 0 aromatic heterocycles. The number of fused-ring (bicyclic) bond motifs is 1. The Bertz CT molecular complexity index is 395. The monoisotopic (exact) mass is 176 g/mol. The minimum Gasteiger partial charge on any atom is -0.506 e. The van der Waals surface area contributed by atoms with Crippen molar-refractivity contribution in [1.29, 1.82) is 5.26 Å². The molecular formula is C9H8N2O2. The van der Waals surface area contributed by atoms with Gasteiger partial charge in [0, 0.05) is 11.6 Å². The highest BCUT2D eigenvalue weighted by Gasteiger charge is 2.22. The third-order valence-electron chi connectivity index (χ3n) is 2.07. The Morgan fingerprint density at radius 3 is 3.08 bits per heavy atom. The molecule has 4 nitrogen and oxygen atoms in total. The average Bonchev–Trinajstić information content (AvgIpc) is 2.46. The molecule has 1 aliphatic rings. The van der Waals surface area contributed by atoms with Crippen LogP contribution in [0, 0.1) is 11.3 Å². The molecule has 0 saturated carbocycles. The van der Waals surface area contributed by atoms with Crippen LogP contribution in [0.4, 0.5) is 0 Å². The smallest absolute Gasteiger partial charge is 0.137 e. The lowest BCUT2D eigenvalue weighted by molar-refractivity contribution is 0.332. The molecule has 0 aliphatic carbocycles. The van der Waals surface area contributed by atoms with Crippen LogP contribution in [0.2, 0.25) is 0 Å². The Labute approximate surface area is 75.2 Å². The second-order valence-corrected chi connectivity index (χ2v) is 2.94. The van der Waals surface area contributed by atoms with Crippen LogP contribution >= 0.6 is 0 Å². The maximum Gasteiger partial charge on any atom is 0.137 e. The SMILES string of the molecule is N#Cc1cc2c(cc1O)OCC2N. The Kier molecular flexibility index (Phi) is 1.61. The summed E-state index contributed by atoms with van der Waals surface area (Å²) < 4.78 is 5.20. The number of hydrogen-bond acceptors (Lipinski definition) is 4. The summed E-state index contributed by atoms with van der Waals surface area (Å²) in [4.78, 5) is 0. The zero-order valence-corrected chi connectivity index (χ0v) is 6.82. The van der Waals surface area contributed by atoms with E-state index in [1.807, 2.05) is 6.07 Å². The molecule has 1 heterocycles. The standard InChI is InChI=1S/C9H8N2O2/c10-3-5-1-6-7(11)4-13-9(6)2-8(5)12/h1-2,7,12H,4,11H2. The van der Waals surface area contributed by atoms with Crippen molar-refractivity contribution in [2.45, 2.75) is 6.04 Å². The van der Waals surface area contributed by atoms with Gasteiger partial charge in [-0.1, -0.05) is 0 Å². The van der Waals surface area contributed by atoms with Gasteiger partial charge in [-0.25, -0.2) is 0 Å². The number of nitriles is 1. The second-order valence-electron chi connectivity index (χ2n) is 2.94. The van der Waals surface area contributed by atoms with Crippen LogP contribution in [-0.4, -0.2) is 11.7 Å². The number of nitrogens with two attached hydrogens (primary N) is 1. The van der Waals surface area contributed by atoms with Crippen molar-refractivity contribution < 1.29 is 9.84 Å². The van der Waals surface area contributed by atoms with E-state index in [4.69, 9.17) is 15.7 Å². The van der Waals surface area contributed by atoms with Crippen LogP contribution in [0.5, 0.6) is 11.5 Å². The average molecular weight is 176 g/mol. The molecule has 13 heavy (non-hydrogen) atoms. The minimum absolute atomic E-state index is 0.0599. The number of ether oxygens (including phenoxy) is 1. The summed E-state index contributed by atoms with van der Waals surface area (Å²) in [5.74, 6) is 0.513. The van der Waals surface area contributed by atoms with E-state index in [-0.39, 0.29) is 17.4 Å². The first-order chi connectivity index (χ1) is 6.22. The first-order valence-electron chi connectivity index (χ1n) is 3.87. The molecule has 1 aromatic carbocycles. The second kappa shape index (κ2) is 2.64. The first-order valence-corrected chi connectivity index (χ1v) is 3.87. The third kappa shape index (κ3) is 1.10. The van der Waals surface area contributed by atoms with Crippen molar-refractivity contribution in [3.8, 4) is 17.6 Å². The van der Waals surface area contributed by atoms with E-state index in [0.717, 1.165) is 5.56 Å². The number of aromatic hydroxyl groups is 1. The van der Waals surface area contributed by atoms with Gasteiger partial charge in [0.05, 0.1) is 11.6 Å². The summed E-state index contributed by atoms with van der Waals surface area (Å²) in [6, 6.07) is 4.70. The Hall–Kier alpha value is -1.73. The van der Waals surface area contributed by atoms with E-state index >= 15 is 0 Å². The number of nitrogens with zero attached hydrogens (tertiary/aromatic N) is 1. The fourth-order valence-electron chi connectivity index (χ4n) is 1.36. The van der Waals surface area contributed by atoms with Gasteiger partial charge in [-0.15, -0.1) is 0 Å². The van der Waals surface area contributed by atoms with Crippen LogP contribution in [0.25, 0.3) is 0 Å². The largest absolute Gasteiger partial charge is 0.506 e. The quantitative estimate of drug-likeness (QED) is 0.608. The highest BCUT2D eigenvalue weighted by Crippen LogP contribution is 2.35. The lowest BCUT2D eigenvalue weighted by Gasteiger charge is -2.02. The topological polar surface area (TPSA) is 79.3 Å². The van der Waals surface area contributed by atoms with Crippen LogP contribution in [0.15, 0.2) is 12.1 Å². The van der Waals surface area contributed by atoms with E-state index < -0.39 is 0 Å². The predicted octanol–water partition coefficient (Wildman–Crippen LogP) is 0.656. The van der Waals surface area contributed by atoms with Gasteiger partial charge in [0.25, 0.3) is 0 Å². The van der Waals surface area contributed by atoms with Crippen LogP contribution in [0.1, 0.15) is 17.2 Å². The molecule has 0 spiro atoms. The van der Waals surface area contributed by atoms with Crippen LogP contribution in [-0.2, 0) is 0 Å². The number of benzene rings is 1. The lowest BCUT2D eigenvalue weighted by Crippen LogP contribution is -2.10. The summed E-state index contributed by atoms with van der Waals surface area (Å²) in [5, 5.41) is 18.0. The van der Waals surface area contributed by atoms with Gasteiger partial charge in [0.1, 0.15) is 24.2 Å². The first kappa shape index (κ1) is 7.90. The predicted molar refractivity (Wildman–Crippen MR) is 45.2 cm³/mol. The van der Waals surface area contributed by atoms with E-state index in [2.05, 4.69) is 0 Å². The van der Waals surface area contributed by atoms with Crippen molar-refractivity contribution in [1.82, 2.24) is 0 Å². The number of rotatable bonds is 0. The molecular weight excluding hydrogens is 168 g/mol. The molecule has 0 bridgehead atoms. The van der Waals surface area contributed by atoms with E-state index in [1.165, 1.54) is 6.07 Å². The minimum atomic E-state index is -0.192. The van der Waals surface area contributed by atoms with Crippen LogP contribution in [0.3, 0.4) is 0 Å². The summed E-state index contributed by atoms with van der Waals surface area (Å²) in [5.41, 5.74) is 6.73. The normalized spacial score (nSPS) is 18.9. The molecule has 0 radical (unpaired) electrons.